The van der Waals surface area contributed by atoms with Crippen molar-refractivity contribution in [1.82, 2.24) is 15.6 Å². The summed E-state index contributed by atoms with van der Waals surface area (Å²) in [6.07, 6.45) is 0. The molecule has 0 aliphatic heterocycles. The Morgan fingerprint density at radius 1 is 1.04 bits per heavy atom. The van der Waals surface area contributed by atoms with Crippen LogP contribution in [0, 0.1) is 0 Å². The number of amides is 3. The summed E-state index contributed by atoms with van der Waals surface area (Å²) in [5.41, 5.74) is 2.18. The van der Waals surface area contributed by atoms with E-state index >= 15 is 0 Å². The molecule has 1 heterocycles. The van der Waals surface area contributed by atoms with Gasteiger partial charge in [0.25, 0.3) is 5.91 Å². The van der Waals surface area contributed by atoms with Crippen LogP contribution in [0.2, 0.25) is 0 Å². The molecule has 1 unspecified atom stereocenters. The van der Waals surface area contributed by atoms with Crippen LogP contribution in [0.4, 0.5) is 10.5 Å². The third-order valence-electron chi connectivity index (χ3n) is 4.13. The number of thiazole rings is 1. The highest BCUT2D eigenvalue weighted by molar-refractivity contribution is 7.18. The Morgan fingerprint density at radius 2 is 1.75 bits per heavy atom. The monoisotopic (exact) mass is 396 g/mol. The van der Waals surface area contributed by atoms with Gasteiger partial charge < -0.3 is 16.0 Å². The zero-order valence-electron chi connectivity index (χ0n) is 16.2. The van der Waals surface area contributed by atoms with Crippen molar-refractivity contribution in [3.63, 3.8) is 0 Å². The third kappa shape index (κ3) is 5.07. The van der Waals surface area contributed by atoms with Crippen LogP contribution in [0.25, 0.3) is 10.2 Å². The molecule has 0 aliphatic carbocycles. The number of para-hydroxylation sites is 1. The van der Waals surface area contributed by atoms with Crippen LogP contribution in [-0.2, 0) is 0 Å². The molecule has 0 radical (unpaired) electrons. The first kappa shape index (κ1) is 19.8. The van der Waals surface area contributed by atoms with Crippen molar-refractivity contribution in [3.05, 3.63) is 59.1 Å². The van der Waals surface area contributed by atoms with Gasteiger partial charge in [-0.15, -0.1) is 11.3 Å². The fourth-order valence-corrected chi connectivity index (χ4v) is 3.69. The van der Waals surface area contributed by atoms with Gasteiger partial charge in [-0.2, -0.15) is 0 Å². The Morgan fingerprint density at radius 3 is 2.43 bits per heavy atom. The predicted octanol–water partition coefficient (Wildman–Crippen LogP) is 4.36. The Hall–Kier alpha value is -2.93. The van der Waals surface area contributed by atoms with Gasteiger partial charge in [0.15, 0.2) is 0 Å². The molecule has 0 aliphatic rings. The summed E-state index contributed by atoms with van der Waals surface area (Å²) in [5.74, 6) is -0.0202. The van der Waals surface area contributed by atoms with Crippen LogP contribution in [0.1, 0.15) is 42.1 Å². The molecule has 0 saturated carbocycles. The minimum absolute atomic E-state index is 0.0578. The first-order valence-corrected chi connectivity index (χ1v) is 10.1. The SMILES string of the molecule is CC(C)NC(=O)Nc1ccc(C(=O)NCC(C)c2nc3ccccc3s2)cc1. The number of aromatic nitrogens is 1. The van der Waals surface area contributed by atoms with Crippen LogP contribution in [0.15, 0.2) is 48.5 Å². The number of hydrogen-bond donors (Lipinski definition) is 3. The van der Waals surface area contributed by atoms with Gasteiger partial charge in [-0.3, -0.25) is 4.79 Å². The largest absolute Gasteiger partial charge is 0.351 e. The number of carbonyl (C=O) groups is 2. The minimum atomic E-state index is -0.267. The summed E-state index contributed by atoms with van der Waals surface area (Å²) in [6.45, 7) is 6.35. The van der Waals surface area contributed by atoms with Gasteiger partial charge in [0.1, 0.15) is 0 Å². The normalized spacial score (nSPS) is 12.0. The van der Waals surface area contributed by atoms with E-state index < -0.39 is 0 Å². The Kier molecular flexibility index (Phi) is 6.26. The number of anilines is 1. The van der Waals surface area contributed by atoms with E-state index in [2.05, 4.69) is 33.9 Å². The lowest BCUT2D eigenvalue weighted by Gasteiger charge is -2.12. The molecule has 0 fully saturated rings. The maximum absolute atomic E-state index is 12.4. The number of urea groups is 1. The topological polar surface area (TPSA) is 83.1 Å². The van der Waals surface area contributed by atoms with Crippen LogP contribution >= 0.6 is 11.3 Å². The van der Waals surface area contributed by atoms with Crippen molar-refractivity contribution in [1.29, 1.82) is 0 Å². The number of carbonyl (C=O) groups excluding carboxylic acids is 2. The molecule has 3 rings (SSSR count). The number of hydrogen-bond acceptors (Lipinski definition) is 4. The summed E-state index contributed by atoms with van der Waals surface area (Å²) in [6, 6.07) is 14.6. The van der Waals surface area contributed by atoms with E-state index in [0.717, 1.165) is 15.2 Å². The number of fused-ring (bicyclic) bond motifs is 1. The van der Waals surface area contributed by atoms with E-state index in [-0.39, 0.29) is 23.9 Å². The summed E-state index contributed by atoms with van der Waals surface area (Å²) < 4.78 is 1.15. The number of nitrogens with one attached hydrogen (secondary N) is 3. The quantitative estimate of drug-likeness (QED) is 0.579. The lowest BCUT2D eigenvalue weighted by atomic mass is 10.1. The molecule has 1 aromatic heterocycles. The van der Waals surface area contributed by atoms with E-state index in [9.17, 15) is 9.59 Å². The summed E-state index contributed by atoms with van der Waals surface area (Å²) in [4.78, 5) is 28.8. The zero-order valence-corrected chi connectivity index (χ0v) is 17.0. The Bertz CT molecular complexity index is 933. The molecule has 0 bridgehead atoms. The van der Waals surface area contributed by atoms with Gasteiger partial charge in [-0.1, -0.05) is 19.1 Å². The molecule has 3 N–H and O–H groups in total. The maximum Gasteiger partial charge on any atom is 0.319 e. The van der Waals surface area contributed by atoms with Gasteiger partial charge in [0, 0.05) is 29.8 Å². The number of nitrogens with zero attached hydrogens (tertiary/aromatic N) is 1. The van der Waals surface area contributed by atoms with Gasteiger partial charge in [0.2, 0.25) is 0 Å². The smallest absolute Gasteiger partial charge is 0.319 e. The van der Waals surface area contributed by atoms with E-state index in [1.807, 2.05) is 32.0 Å². The van der Waals surface area contributed by atoms with Gasteiger partial charge >= 0.3 is 6.03 Å². The lowest BCUT2D eigenvalue weighted by molar-refractivity contribution is 0.0951. The molecular weight excluding hydrogens is 372 g/mol. The van der Waals surface area contributed by atoms with Crippen LogP contribution in [0.3, 0.4) is 0 Å². The first-order chi connectivity index (χ1) is 13.4. The Balaban J connectivity index is 1.54. The van der Waals surface area contributed by atoms with Crippen molar-refractivity contribution in [3.8, 4) is 0 Å². The molecular formula is C21H24N4O2S. The number of rotatable bonds is 6. The van der Waals surface area contributed by atoms with Crippen molar-refractivity contribution in [2.75, 3.05) is 11.9 Å². The first-order valence-electron chi connectivity index (χ1n) is 9.23. The molecule has 0 spiro atoms. The molecule has 3 amide bonds. The van der Waals surface area contributed by atoms with Gasteiger partial charge in [-0.05, 0) is 50.2 Å². The average Bonchev–Trinajstić information content (AvgIpc) is 3.10. The zero-order chi connectivity index (χ0) is 20.1. The fourth-order valence-electron chi connectivity index (χ4n) is 2.67. The standard InChI is InChI=1S/C21H24N4O2S/c1-13(2)23-21(27)24-16-10-8-15(9-11-16)19(26)22-12-14(3)20-25-17-6-4-5-7-18(17)28-20/h4-11,13-14H,12H2,1-3H3,(H,22,26)(H2,23,24,27). The average molecular weight is 397 g/mol. The van der Waals surface area contributed by atoms with Crippen molar-refractivity contribution in [2.24, 2.45) is 0 Å². The van der Waals surface area contributed by atoms with E-state index in [1.165, 1.54) is 0 Å². The van der Waals surface area contributed by atoms with Crippen LogP contribution in [-0.4, -0.2) is 29.5 Å². The summed E-state index contributed by atoms with van der Waals surface area (Å²) >= 11 is 1.66. The molecule has 3 aromatic rings. The fraction of sp³-hybridized carbons (Fsp3) is 0.286. The van der Waals surface area contributed by atoms with Crippen molar-refractivity contribution >= 4 is 39.2 Å². The molecule has 2 aromatic carbocycles. The molecule has 6 nitrogen and oxygen atoms in total. The van der Waals surface area contributed by atoms with Crippen LogP contribution in [0.5, 0.6) is 0 Å². The van der Waals surface area contributed by atoms with Crippen molar-refractivity contribution < 1.29 is 9.59 Å². The van der Waals surface area contributed by atoms with E-state index in [0.29, 0.717) is 17.8 Å². The molecule has 7 heteroatoms. The highest BCUT2D eigenvalue weighted by Crippen LogP contribution is 2.26. The molecule has 146 valence electrons. The second kappa shape index (κ2) is 8.84. The summed E-state index contributed by atoms with van der Waals surface area (Å²) in [5, 5.41) is 9.45. The van der Waals surface area contributed by atoms with Gasteiger partial charge in [-0.25, -0.2) is 9.78 Å². The second-order valence-electron chi connectivity index (χ2n) is 6.96. The predicted molar refractivity (Wildman–Crippen MR) is 114 cm³/mol. The highest BCUT2D eigenvalue weighted by Gasteiger charge is 2.14. The van der Waals surface area contributed by atoms with Crippen molar-refractivity contribution in [2.45, 2.75) is 32.7 Å². The summed E-state index contributed by atoms with van der Waals surface area (Å²) in [7, 11) is 0. The Labute approximate surface area is 168 Å². The minimum Gasteiger partial charge on any atom is -0.351 e. The molecule has 1 atom stereocenters. The molecule has 28 heavy (non-hydrogen) atoms. The van der Waals surface area contributed by atoms with Crippen LogP contribution < -0.4 is 16.0 Å². The van der Waals surface area contributed by atoms with Gasteiger partial charge in [0.05, 0.1) is 15.2 Å². The highest BCUT2D eigenvalue weighted by atomic mass is 32.1. The maximum atomic E-state index is 12.4. The van der Waals surface area contributed by atoms with E-state index in [4.69, 9.17) is 0 Å². The lowest BCUT2D eigenvalue weighted by Crippen LogP contribution is -2.34. The number of benzene rings is 2. The molecule has 0 saturated heterocycles. The third-order valence-corrected chi connectivity index (χ3v) is 5.39. The van der Waals surface area contributed by atoms with E-state index in [1.54, 1.807) is 35.6 Å². The second-order valence-corrected chi connectivity index (χ2v) is 8.02.